The summed E-state index contributed by atoms with van der Waals surface area (Å²) in [5.41, 5.74) is 11.6. The first-order chi connectivity index (χ1) is 22.4. The molecular weight excluding hydrogens is 615 g/mol. The van der Waals surface area contributed by atoms with Crippen molar-refractivity contribution in [2.45, 2.75) is 26.1 Å². The van der Waals surface area contributed by atoms with Gasteiger partial charge in [-0.3, -0.25) is 19.3 Å². The third-order valence-electron chi connectivity index (χ3n) is 8.13. The van der Waals surface area contributed by atoms with Crippen LogP contribution in [0.4, 0.5) is 21.5 Å². The van der Waals surface area contributed by atoms with Crippen molar-refractivity contribution in [3.05, 3.63) is 150 Å². The number of carbonyl (C=O) groups excluding carboxylic acids is 3. The summed E-state index contributed by atoms with van der Waals surface area (Å²) in [5, 5.41) is 2.69. The number of carbonyl (C=O) groups is 3. The number of hydrogen-bond donors (Lipinski definition) is 2. The van der Waals surface area contributed by atoms with E-state index in [1.807, 2.05) is 84.9 Å². The predicted octanol–water partition coefficient (Wildman–Crippen LogP) is 6.91. The quantitative estimate of drug-likeness (QED) is 0.170. The molecule has 0 saturated heterocycles. The second-order valence-electron chi connectivity index (χ2n) is 11.1. The second kappa shape index (κ2) is 14.9. The maximum atomic E-state index is 14.4. The molecule has 0 radical (unpaired) electrons. The molecule has 1 aliphatic rings. The lowest BCUT2D eigenvalue weighted by Gasteiger charge is -2.26. The summed E-state index contributed by atoms with van der Waals surface area (Å²) >= 11 is 0. The van der Waals surface area contributed by atoms with Crippen LogP contribution >= 0.6 is 12.4 Å². The summed E-state index contributed by atoms with van der Waals surface area (Å²) in [5.74, 6) is -3.35. The molecule has 0 saturated carbocycles. The van der Waals surface area contributed by atoms with Crippen molar-refractivity contribution in [3.63, 3.8) is 0 Å². The van der Waals surface area contributed by atoms with E-state index < -0.39 is 35.9 Å². The summed E-state index contributed by atoms with van der Waals surface area (Å²) in [6.07, 6.45) is -0.406. The van der Waals surface area contributed by atoms with Gasteiger partial charge >= 0.3 is 0 Å². The summed E-state index contributed by atoms with van der Waals surface area (Å²) in [6.45, 7) is 0.381. The van der Waals surface area contributed by atoms with Gasteiger partial charge in [0, 0.05) is 30.8 Å². The number of para-hydroxylation sites is 2. The molecule has 9 heteroatoms. The fraction of sp³-hybridized carbons (Fsp3) is 0.132. The van der Waals surface area contributed by atoms with Gasteiger partial charge in [0.1, 0.15) is 11.7 Å². The maximum Gasteiger partial charge on any atom is 0.244 e. The third-order valence-corrected chi connectivity index (χ3v) is 8.13. The average Bonchev–Trinajstić information content (AvgIpc) is 3.17. The molecule has 1 atom stereocenters. The van der Waals surface area contributed by atoms with Crippen LogP contribution in [0.5, 0.6) is 0 Å². The molecule has 0 spiro atoms. The van der Waals surface area contributed by atoms with Gasteiger partial charge in [-0.2, -0.15) is 0 Å². The minimum Gasteiger partial charge on any atom is -0.352 e. The molecule has 3 amide bonds. The van der Waals surface area contributed by atoms with E-state index in [2.05, 4.69) is 5.32 Å². The number of nitrogens with zero attached hydrogens (tertiary/aromatic N) is 2. The van der Waals surface area contributed by atoms with E-state index >= 15 is 0 Å². The summed E-state index contributed by atoms with van der Waals surface area (Å²) in [6, 6.07) is 38.5. The Kier molecular flexibility index (Phi) is 10.5. The maximum absolute atomic E-state index is 14.4. The minimum atomic E-state index is -1.34. The van der Waals surface area contributed by atoms with E-state index in [1.54, 1.807) is 41.3 Å². The van der Waals surface area contributed by atoms with Crippen LogP contribution in [-0.2, 0) is 34.0 Å². The topological polar surface area (TPSA) is 95.7 Å². The summed E-state index contributed by atoms with van der Waals surface area (Å²) in [7, 11) is 0. The number of anilines is 3. The molecule has 6 rings (SSSR count). The second-order valence-corrected chi connectivity index (χ2v) is 11.1. The van der Waals surface area contributed by atoms with Gasteiger partial charge in [0.05, 0.1) is 17.9 Å². The monoisotopic (exact) mass is 648 g/mol. The summed E-state index contributed by atoms with van der Waals surface area (Å²) in [4.78, 5) is 45.1. The fourth-order valence-corrected chi connectivity index (χ4v) is 5.70. The normalized spacial score (nSPS) is 14.2. The van der Waals surface area contributed by atoms with Crippen LogP contribution < -0.4 is 20.9 Å². The predicted molar refractivity (Wildman–Crippen MR) is 185 cm³/mol. The van der Waals surface area contributed by atoms with Gasteiger partial charge in [0.25, 0.3) is 0 Å². The van der Waals surface area contributed by atoms with E-state index in [9.17, 15) is 18.8 Å². The van der Waals surface area contributed by atoms with Crippen LogP contribution in [0.2, 0.25) is 0 Å². The highest BCUT2D eigenvalue weighted by atomic mass is 35.5. The van der Waals surface area contributed by atoms with E-state index in [0.29, 0.717) is 22.6 Å². The molecule has 47 heavy (non-hydrogen) atoms. The smallest absolute Gasteiger partial charge is 0.244 e. The number of halogens is 2. The van der Waals surface area contributed by atoms with Gasteiger partial charge in [-0.25, -0.2) is 4.39 Å². The highest BCUT2D eigenvalue weighted by Crippen LogP contribution is 2.41. The van der Waals surface area contributed by atoms with Crippen molar-refractivity contribution in [2.75, 3.05) is 9.80 Å². The average molecular weight is 649 g/mol. The van der Waals surface area contributed by atoms with E-state index in [0.717, 1.165) is 22.3 Å². The standard InChI is InChI=1S/C38H33FN4O3.ClH/c39-33-14-5-4-12-30(33)24-41-36(44)22-32-37(45)42(25-26-17-19-29(20-18-26)28-10-2-1-3-11-28)34-15-6-7-16-35(34)43(38(32)46)31-13-8-9-27(21-31)23-40;/h1-21,32H,22-25,40H2,(H,41,44);1H. The van der Waals surface area contributed by atoms with Crippen LogP contribution in [0, 0.1) is 11.7 Å². The Balaban J connectivity index is 0.00000433. The molecule has 1 unspecified atom stereocenters. The van der Waals surface area contributed by atoms with Crippen LogP contribution in [-0.4, -0.2) is 17.7 Å². The van der Waals surface area contributed by atoms with Gasteiger partial charge in [-0.15, -0.1) is 12.4 Å². The van der Waals surface area contributed by atoms with Gasteiger partial charge < -0.3 is 16.0 Å². The lowest BCUT2D eigenvalue weighted by atomic mass is 10.00. The molecule has 3 N–H and O–H groups in total. The molecule has 5 aromatic carbocycles. The summed E-state index contributed by atoms with van der Waals surface area (Å²) < 4.78 is 14.2. The zero-order valence-corrected chi connectivity index (χ0v) is 26.3. The van der Waals surface area contributed by atoms with Crippen molar-refractivity contribution >= 4 is 47.2 Å². The zero-order valence-electron chi connectivity index (χ0n) is 25.5. The highest BCUT2D eigenvalue weighted by Gasteiger charge is 2.42. The van der Waals surface area contributed by atoms with E-state index in [-0.39, 0.29) is 32.0 Å². The van der Waals surface area contributed by atoms with Crippen LogP contribution in [0.1, 0.15) is 23.1 Å². The molecular formula is C38H34ClFN4O3. The Morgan fingerprint density at radius 3 is 2.11 bits per heavy atom. The van der Waals surface area contributed by atoms with Gasteiger partial charge in [0.2, 0.25) is 17.7 Å². The van der Waals surface area contributed by atoms with Crippen molar-refractivity contribution in [1.29, 1.82) is 0 Å². The van der Waals surface area contributed by atoms with Crippen molar-refractivity contribution in [2.24, 2.45) is 11.7 Å². The van der Waals surface area contributed by atoms with Crippen molar-refractivity contribution in [1.82, 2.24) is 5.32 Å². The lowest BCUT2D eigenvalue weighted by molar-refractivity contribution is -0.136. The molecule has 0 aliphatic carbocycles. The number of amides is 3. The van der Waals surface area contributed by atoms with Crippen molar-refractivity contribution in [3.8, 4) is 11.1 Å². The van der Waals surface area contributed by atoms with Gasteiger partial charge in [-0.05, 0) is 52.6 Å². The molecule has 1 heterocycles. The van der Waals surface area contributed by atoms with E-state index in [1.165, 1.54) is 11.0 Å². The molecule has 0 aromatic heterocycles. The number of rotatable bonds is 9. The first-order valence-electron chi connectivity index (χ1n) is 15.1. The van der Waals surface area contributed by atoms with Crippen LogP contribution in [0.25, 0.3) is 11.1 Å². The first kappa shape index (κ1) is 33.1. The first-order valence-corrected chi connectivity index (χ1v) is 15.1. The fourth-order valence-electron chi connectivity index (χ4n) is 5.70. The Morgan fingerprint density at radius 2 is 1.38 bits per heavy atom. The largest absolute Gasteiger partial charge is 0.352 e. The molecule has 0 bridgehead atoms. The molecule has 7 nitrogen and oxygen atoms in total. The number of fused-ring (bicyclic) bond motifs is 1. The number of benzene rings is 5. The Morgan fingerprint density at radius 1 is 0.723 bits per heavy atom. The number of nitrogens with one attached hydrogen (secondary N) is 1. The van der Waals surface area contributed by atoms with Crippen molar-refractivity contribution < 1.29 is 18.8 Å². The van der Waals surface area contributed by atoms with Crippen LogP contribution in [0.15, 0.2) is 127 Å². The van der Waals surface area contributed by atoms with Crippen LogP contribution in [0.3, 0.4) is 0 Å². The third kappa shape index (κ3) is 7.25. The molecule has 0 fully saturated rings. The lowest BCUT2D eigenvalue weighted by Crippen LogP contribution is -2.43. The molecule has 5 aromatic rings. The Labute approximate surface area is 279 Å². The highest BCUT2D eigenvalue weighted by molar-refractivity contribution is 6.21. The number of nitrogens with two attached hydrogens (primary N) is 1. The number of hydrogen-bond acceptors (Lipinski definition) is 4. The minimum absolute atomic E-state index is 0. The van der Waals surface area contributed by atoms with Gasteiger partial charge in [-0.1, -0.05) is 97.1 Å². The Bertz CT molecular complexity index is 1880. The molecule has 1 aliphatic heterocycles. The SMILES string of the molecule is Cl.NCc1cccc(N2C(=O)C(CC(=O)NCc3ccccc3F)C(=O)N(Cc3ccc(-c4ccccc4)cc3)c3ccccc32)c1. The Hall–Kier alpha value is -5.31. The van der Waals surface area contributed by atoms with E-state index in [4.69, 9.17) is 5.73 Å². The van der Waals surface area contributed by atoms with Gasteiger partial charge in [0.15, 0.2) is 0 Å². The zero-order chi connectivity index (χ0) is 32.0. The molecule has 238 valence electrons.